The molecule has 0 bridgehead atoms. The lowest BCUT2D eigenvalue weighted by Gasteiger charge is -2.14. The fraction of sp³-hybridized carbons (Fsp3) is 0.217. The highest BCUT2D eigenvalue weighted by atomic mass is 35.5. The SMILES string of the molecule is COc1ccccc1-n1c(SCc2nc(C(=O)NC(C)C)cs2)nnc1-c1ccccc1Cl. The van der Waals surface area contributed by atoms with E-state index in [4.69, 9.17) is 16.3 Å². The van der Waals surface area contributed by atoms with Gasteiger partial charge in [0.05, 0.1) is 23.6 Å². The van der Waals surface area contributed by atoms with Crippen LogP contribution in [0.5, 0.6) is 5.75 Å². The maximum atomic E-state index is 12.2. The number of halogens is 1. The minimum Gasteiger partial charge on any atom is -0.495 e. The van der Waals surface area contributed by atoms with Gasteiger partial charge in [-0.1, -0.05) is 47.6 Å². The molecule has 2 aromatic heterocycles. The number of thioether (sulfide) groups is 1. The summed E-state index contributed by atoms with van der Waals surface area (Å²) in [6, 6.07) is 15.3. The molecule has 0 unspecified atom stereocenters. The molecule has 0 aliphatic carbocycles. The van der Waals surface area contributed by atoms with Crippen molar-refractivity contribution in [3.8, 4) is 22.8 Å². The predicted molar refractivity (Wildman–Crippen MR) is 133 cm³/mol. The van der Waals surface area contributed by atoms with Crippen LogP contribution in [-0.4, -0.2) is 38.8 Å². The van der Waals surface area contributed by atoms with Crippen molar-refractivity contribution in [2.24, 2.45) is 0 Å². The molecular formula is C23H22ClN5O2S2. The Morgan fingerprint density at radius 2 is 1.94 bits per heavy atom. The molecule has 4 rings (SSSR count). The number of nitrogens with one attached hydrogen (secondary N) is 1. The van der Waals surface area contributed by atoms with Gasteiger partial charge in [0.1, 0.15) is 16.5 Å². The number of thiazole rings is 1. The number of methoxy groups -OCH3 is 1. The van der Waals surface area contributed by atoms with Crippen LogP contribution < -0.4 is 10.1 Å². The smallest absolute Gasteiger partial charge is 0.270 e. The van der Waals surface area contributed by atoms with Gasteiger partial charge in [0.15, 0.2) is 11.0 Å². The van der Waals surface area contributed by atoms with E-state index < -0.39 is 0 Å². The van der Waals surface area contributed by atoms with Gasteiger partial charge in [-0.2, -0.15) is 0 Å². The normalized spacial score (nSPS) is 11.1. The number of hydrogen-bond acceptors (Lipinski definition) is 7. The summed E-state index contributed by atoms with van der Waals surface area (Å²) in [7, 11) is 1.63. The quantitative estimate of drug-likeness (QED) is 0.323. The zero-order valence-electron chi connectivity index (χ0n) is 18.3. The second-order valence-corrected chi connectivity index (χ2v) is 9.63. The Morgan fingerprint density at radius 3 is 2.70 bits per heavy atom. The van der Waals surface area contributed by atoms with E-state index in [0.29, 0.717) is 33.2 Å². The Balaban J connectivity index is 1.68. The van der Waals surface area contributed by atoms with Crippen LogP contribution in [0.15, 0.2) is 59.1 Å². The van der Waals surface area contributed by atoms with Crippen molar-refractivity contribution in [3.05, 3.63) is 69.6 Å². The summed E-state index contributed by atoms with van der Waals surface area (Å²) in [5.74, 6) is 1.67. The summed E-state index contributed by atoms with van der Waals surface area (Å²) in [4.78, 5) is 16.7. The minimum absolute atomic E-state index is 0.0552. The molecule has 7 nitrogen and oxygen atoms in total. The molecule has 33 heavy (non-hydrogen) atoms. The number of benzene rings is 2. The Morgan fingerprint density at radius 1 is 1.18 bits per heavy atom. The van der Waals surface area contributed by atoms with E-state index in [9.17, 15) is 4.79 Å². The summed E-state index contributed by atoms with van der Waals surface area (Å²) < 4.78 is 7.53. The van der Waals surface area contributed by atoms with Gasteiger partial charge in [-0.05, 0) is 38.1 Å². The van der Waals surface area contributed by atoms with Crippen LogP contribution in [0.1, 0.15) is 29.3 Å². The van der Waals surface area contributed by atoms with Crippen LogP contribution in [0.4, 0.5) is 0 Å². The maximum Gasteiger partial charge on any atom is 0.270 e. The third kappa shape index (κ3) is 5.21. The molecule has 1 amide bonds. The Hall–Kier alpha value is -2.88. The topological polar surface area (TPSA) is 81.9 Å². The average molecular weight is 500 g/mol. The highest BCUT2D eigenvalue weighted by molar-refractivity contribution is 7.98. The number of carbonyl (C=O) groups is 1. The predicted octanol–water partition coefficient (Wildman–Crippen LogP) is 5.48. The first-order valence-electron chi connectivity index (χ1n) is 10.2. The van der Waals surface area contributed by atoms with Crippen molar-refractivity contribution >= 4 is 40.6 Å². The number of carbonyl (C=O) groups excluding carboxylic acids is 1. The lowest BCUT2D eigenvalue weighted by atomic mass is 10.2. The first-order valence-corrected chi connectivity index (χ1v) is 12.4. The van der Waals surface area contributed by atoms with Crippen LogP contribution in [0.3, 0.4) is 0 Å². The van der Waals surface area contributed by atoms with Crippen molar-refractivity contribution in [2.45, 2.75) is 30.8 Å². The monoisotopic (exact) mass is 499 g/mol. The molecule has 0 aliphatic rings. The summed E-state index contributed by atoms with van der Waals surface area (Å²) in [6.45, 7) is 3.84. The van der Waals surface area contributed by atoms with Crippen molar-refractivity contribution in [1.82, 2.24) is 25.1 Å². The van der Waals surface area contributed by atoms with E-state index in [1.807, 2.05) is 66.9 Å². The maximum absolute atomic E-state index is 12.2. The van der Waals surface area contributed by atoms with E-state index in [-0.39, 0.29) is 11.9 Å². The van der Waals surface area contributed by atoms with Crippen LogP contribution >= 0.6 is 34.7 Å². The molecule has 0 aliphatic heterocycles. The molecule has 0 spiro atoms. The molecule has 1 N–H and O–H groups in total. The number of hydrogen-bond donors (Lipinski definition) is 1. The Bertz CT molecular complexity index is 1270. The molecule has 170 valence electrons. The van der Waals surface area contributed by atoms with Crippen LogP contribution in [-0.2, 0) is 5.75 Å². The van der Waals surface area contributed by atoms with Gasteiger partial charge in [-0.25, -0.2) is 4.98 Å². The summed E-state index contributed by atoms with van der Waals surface area (Å²) in [5.41, 5.74) is 2.00. The second-order valence-electron chi connectivity index (χ2n) is 7.34. The van der Waals surface area contributed by atoms with E-state index in [1.54, 1.807) is 12.5 Å². The average Bonchev–Trinajstić information content (AvgIpc) is 3.45. The van der Waals surface area contributed by atoms with Gasteiger partial charge in [0, 0.05) is 17.0 Å². The van der Waals surface area contributed by atoms with Gasteiger partial charge < -0.3 is 10.1 Å². The molecule has 4 aromatic rings. The van der Waals surface area contributed by atoms with Crippen molar-refractivity contribution in [2.75, 3.05) is 7.11 Å². The second kappa shape index (κ2) is 10.4. The van der Waals surface area contributed by atoms with Gasteiger partial charge in [-0.15, -0.1) is 21.5 Å². The first-order chi connectivity index (χ1) is 16.0. The molecule has 0 radical (unpaired) electrons. The highest BCUT2D eigenvalue weighted by Gasteiger charge is 2.21. The zero-order valence-corrected chi connectivity index (χ0v) is 20.7. The standard InChI is InChI=1S/C23H22ClN5O2S2/c1-14(2)25-22(30)17-12-32-20(26-17)13-33-23-28-27-21(15-8-4-5-9-16(15)24)29(23)18-10-6-7-11-19(18)31-3/h4-12,14H,13H2,1-3H3,(H,25,30). The molecule has 0 saturated carbocycles. The van der Waals surface area contributed by atoms with Gasteiger partial charge in [0.2, 0.25) is 0 Å². The van der Waals surface area contributed by atoms with Crippen LogP contribution in [0.2, 0.25) is 5.02 Å². The molecule has 10 heteroatoms. The Kier molecular flexibility index (Phi) is 7.32. The van der Waals surface area contributed by atoms with Crippen LogP contribution in [0.25, 0.3) is 17.1 Å². The summed E-state index contributed by atoms with van der Waals surface area (Å²) in [5, 5.41) is 15.6. The summed E-state index contributed by atoms with van der Waals surface area (Å²) in [6.07, 6.45) is 0. The third-order valence-electron chi connectivity index (χ3n) is 4.60. The molecule has 2 aromatic carbocycles. The lowest BCUT2D eigenvalue weighted by molar-refractivity contribution is 0.0938. The number of rotatable bonds is 8. The zero-order chi connectivity index (χ0) is 23.4. The van der Waals surface area contributed by atoms with Gasteiger partial charge >= 0.3 is 0 Å². The molecule has 0 fully saturated rings. The molecule has 0 atom stereocenters. The van der Waals surface area contributed by atoms with E-state index in [1.165, 1.54) is 23.1 Å². The van der Waals surface area contributed by atoms with Crippen molar-refractivity contribution < 1.29 is 9.53 Å². The van der Waals surface area contributed by atoms with Crippen molar-refractivity contribution in [3.63, 3.8) is 0 Å². The number of ether oxygens (including phenoxy) is 1. The lowest BCUT2D eigenvalue weighted by Crippen LogP contribution is -2.30. The first kappa shape index (κ1) is 23.3. The number of nitrogens with zero attached hydrogens (tertiary/aromatic N) is 4. The minimum atomic E-state index is -0.171. The number of para-hydroxylation sites is 2. The number of aromatic nitrogens is 4. The van der Waals surface area contributed by atoms with Gasteiger partial charge in [0.25, 0.3) is 5.91 Å². The van der Waals surface area contributed by atoms with Gasteiger partial charge in [-0.3, -0.25) is 9.36 Å². The van der Waals surface area contributed by atoms with E-state index >= 15 is 0 Å². The van der Waals surface area contributed by atoms with Crippen molar-refractivity contribution in [1.29, 1.82) is 0 Å². The number of amides is 1. The fourth-order valence-corrected chi connectivity index (χ4v) is 5.11. The Labute approximate surface area is 205 Å². The molecule has 0 saturated heterocycles. The fourth-order valence-electron chi connectivity index (χ4n) is 3.16. The summed E-state index contributed by atoms with van der Waals surface area (Å²) >= 11 is 9.40. The third-order valence-corrected chi connectivity index (χ3v) is 6.90. The molecular weight excluding hydrogens is 478 g/mol. The van der Waals surface area contributed by atoms with E-state index in [0.717, 1.165) is 16.3 Å². The largest absolute Gasteiger partial charge is 0.495 e. The molecule has 2 heterocycles. The highest BCUT2D eigenvalue weighted by Crippen LogP contribution is 2.36. The van der Waals surface area contributed by atoms with E-state index in [2.05, 4.69) is 20.5 Å². The van der Waals surface area contributed by atoms with Crippen LogP contribution in [0, 0.1) is 0 Å².